The molecular weight excluding hydrogens is 302 g/mol. The third-order valence-electron chi connectivity index (χ3n) is 4.46. The lowest BCUT2D eigenvalue weighted by Gasteiger charge is -2.33. The fourth-order valence-electron chi connectivity index (χ4n) is 3.12. The van der Waals surface area contributed by atoms with Crippen molar-refractivity contribution in [2.75, 3.05) is 13.1 Å². The molecule has 0 aliphatic carbocycles. The molecule has 0 unspecified atom stereocenters. The average molecular weight is 325 g/mol. The molecule has 0 radical (unpaired) electrons. The van der Waals surface area contributed by atoms with Gasteiger partial charge in [0.15, 0.2) is 0 Å². The van der Waals surface area contributed by atoms with E-state index in [1.807, 2.05) is 6.07 Å². The van der Waals surface area contributed by atoms with Crippen molar-refractivity contribution >= 4 is 5.91 Å². The van der Waals surface area contributed by atoms with Crippen LogP contribution in [0.25, 0.3) is 0 Å². The second kappa shape index (κ2) is 7.45. The number of carbonyl (C=O) groups is 1. The highest BCUT2D eigenvalue weighted by Crippen LogP contribution is 2.14. The number of aromatic nitrogens is 1. The molecule has 1 saturated heterocycles. The Labute approximate surface area is 141 Å². The normalized spacial score (nSPS) is 18.3. The van der Waals surface area contributed by atoms with Crippen LogP contribution in [0.15, 0.2) is 53.5 Å². The summed E-state index contributed by atoms with van der Waals surface area (Å²) in [5.41, 5.74) is 1.55. The number of likely N-dealkylation sites (tertiary alicyclic amines) is 1. The van der Waals surface area contributed by atoms with E-state index in [0.717, 1.165) is 32.5 Å². The molecule has 1 N–H and O–H groups in total. The number of aryl methyl sites for hydroxylation is 1. The highest BCUT2D eigenvalue weighted by molar-refractivity contribution is 5.94. The van der Waals surface area contributed by atoms with Gasteiger partial charge < -0.3 is 9.88 Å². The van der Waals surface area contributed by atoms with E-state index in [4.69, 9.17) is 0 Å². The van der Waals surface area contributed by atoms with Crippen LogP contribution in [0.3, 0.4) is 0 Å². The summed E-state index contributed by atoms with van der Waals surface area (Å²) in [6, 6.07) is 13.6. The van der Waals surface area contributed by atoms with Gasteiger partial charge in [0, 0.05) is 44.0 Å². The zero-order valence-electron chi connectivity index (χ0n) is 13.9. The molecule has 1 aliphatic heterocycles. The molecule has 1 fully saturated rings. The van der Waals surface area contributed by atoms with Crippen molar-refractivity contribution in [2.24, 2.45) is 7.05 Å². The number of nitrogens with zero attached hydrogens (tertiary/aromatic N) is 2. The largest absolute Gasteiger partial charge is 0.348 e. The maximum absolute atomic E-state index is 12.4. The van der Waals surface area contributed by atoms with Crippen LogP contribution in [0.4, 0.5) is 0 Å². The van der Waals surface area contributed by atoms with Gasteiger partial charge in [-0.25, -0.2) is 0 Å². The van der Waals surface area contributed by atoms with Crippen LogP contribution < -0.4 is 10.9 Å². The molecule has 126 valence electrons. The maximum atomic E-state index is 12.4. The Morgan fingerprint density at radius 3 is 2.79 bits per heavy atom. The molecule has 1 amide bonds. The summed E-state index contributed by atoms with van der Waals surface area (Å²) in [7, 11) is 1.67. The third kappa shape index (κ3) is 4.11. The minimum absolute atomic E-state index is 0.124. The summed E-state index contributed by atoms with van der Waals surface area (Å²) in [5.74, 6) is -0.167. The molecule has 0 saturated carbocycles. The van der Waals surface area contributed by atoms with Gasteiger partial charge in [0.25, 0.3) is 11.5 Å². The molecule has 1 aliphatic rings. The number of amides is 1. The second-order valence-electron chi connectivity index (χ2n) is 6.40. The van der Waals surface area contributed by atoms with E-state index in [0.29, 0.717) is 5.56 Å². The summed E-state index contributed by atoms with van der Waals surface area (Å²) in [6.45, 7) is 2.79. The summed E-state index contributed by atoms with van der Waals surface area (Å²) in [4.78, 5) is 26.4. The van der Waals surface area contributed by atoms with Crippen LogP contribution in [0, 0.1) is 0 Å². The molecule has 1 aromatic carbocycles. The van der Waals surface area contributed by atoms with E-state index < -0.39 is 0 Å². The van der Waals surface area contributed by atoms with Crippen molar-refractivity contribution in [3.63, 3.8) is 0 Å². The van der Waals surface area contributed by atoms with Crippen molar-refractivity contribution < 1.29 is 4.79 Å². The van der Waals surface area contributed by atoms with Crippen LogP contribution in [-0.2, 0) is 13.6 Å². The SMILES string of the molecule is Cn1ccc(C(=O)N[C@H]2CCCN(Cc3ccccc3)C2)cc1=O. The molecule has 0 spiro atoms. The Bertz CT molecular complexity index is 755. The molecular formula is C19H23N3O2. The second-order valence-corrected chi connectivity index (χ2v) is 6.40. The minimum atomic E-state index is -0.169. The predicted molar refractivity (Wildman–Crippen MR) is 93.9 cm³/mol. The van der Waals surface area contributed by atoms with Gasteiger partial charge in [-0.3, -0.25) is 14.5 Å². The zero-order valence-corrected chi connectivity index (χ0v) is 13.9. The van der Waals surface area contributed by atoms with Crippen molar-refractivity contribution in [2.45, 2.75) is 25.4 Å². The number of nitrogens with one attached hydrogen (secondary N) is 1. The van der Waals surface area contributed by atoms with Crippen molar-refractivity contribution in [3.05, 3.63) is 70.1 Å². The number of rotatable bonds is 4. The summed E-state index contributed by atoms with van der Waals surface area (Å²) >= 11 is 0. The predicted octanol–water partition coefficient (Wildman–Crippen LogP) is 1.78. The molecule has 1 aromatic heterocycles. The lowest BCUT2D eigenvalue weighted by atomic mass is 10.0. The molecule has 5 nitrogen and oxygen atoms in total. The van der Waals surface area contributed by atoms with Crippen LogP contribution in [0.2, 0.25) is 0 Å². The van der Waals surface area contributed by atoms with E-state index in [-0.39, 0.29) is 17.5 Å². The van der Waals surface area contributed by atoms with E-state index in [9.17, 15) is 9.59 Å². The van der Waals surface area contributed by atoms with Crippen molar-refractivity contribution in [1.29, 1.82) is 0 Å². The van der Waals surface area contributed by atoms with Gasteiger partial charge in [-0.1, -0.05) is 30.3 Å². The smallest absolute Gasteiger partial charge is 0.251 e. The summed E-state index contributed by atoms with van der Waals surface area (Å²) < 4.78 is 1.46. The molecule has 2 heterocycles. The van der Waals surface area contributed by atoms with Gasteiger partial charge in [0.1, 0.15) is 0 Å². The van der Waals surface area contributed by atoms with Crippen LogP contribution in [0.1, 0.15) is 28.8 Å². The van der Waals surface area contributed by atoms with E-state index >= 15 is 0 Å². The first kappa shape index (κ1) is 16.5. The highest BCUT2D eigenvalue weighted by Gasteiger charge is 2.22. The number of piperidine rings is 1. The first-order valence-electron chi connectivity index (χ1n) is 8.35. The summed E-state index contributed by atoms with van der Waals surface area (Å²) in [5, 5.41) is 3.07. The fourth-order valence-corrected chi connectivity index (χ4v) is 3.12. The van der Waals surface area contributed by atoms with E-state index in [1.54, 1.807) is 19.3 Å². The van der Waals surface area contributed by atoms with Crippen LogP contribution >= 0.6 is 0 Å². The first-order valence-corrected chi connectivity index (χ1v) is 8.35. The number of pyridine rings is 1. The van der Waals surface area contributed by atoms with Crippen molar-refractivity contribution in [1.82, 2.24) is 14.8 Å². The number of carbonyl (C=O) groups excluding carboxylic acids is 1. The van der Waals surface area contributed by atoms with Gasteiger partial charge in [-0.05, 0) is 31.0 Å². The standard InChI is InChI=1S/C19H23N3O2/c1-21-11-9-16(12-18(21)23)19(24)20-17-8-5-10-22(14-17)13-15-6-3-2-4-7-15/h2-4,6-7,9,11-12,17H,5,8,10,13-14H2,1H3,(H,20,24)/t17-/m0/s1. The van der Waals surface area contributed by atoms with Crippen LogP contribution in [0.5, 0.6) is 0 Å². The zero-order chi connectivity index (χ0) is 16.9. The number of hydrogen-bond acceptors (Lipinski definition) is 3. The Morgan fingerprint density at radius 2 is 2.04 bits per heavy atom. The first-order chi connectivity index (χ1) is 11.6. The Kier molecular flexibility index (Phi) is 5.11. The quantitative estimate of drug-likeness (QED) is 0.932. The van der Waals surface area contributed by atoms with E-state index in [2.05, 4.69) is 34.5 Å². The fraction of sp³-hybridized carbons (Fsp3) is 0.368. The summed E-state index contributed by atoms with van der Waals surface area (Å²) in [6.07, 6.45) is 3.66. The lowest BCUT2D eigenvalue weighted by molar-refractivity contribution is 0.0900. The Hall–Kier alpha value is -2.40. The molecule has 24 heavy (non-hydrogen) atoms. The average Bonchev–Trinajstić information content (AvgIpc) is 2.58. The number of hydrogen-bond donors (Lipinski definition) is 1. The highest BCUT2D eigenvalue weighted by atomic mass is 16.2. The van der Waals surface area contributed by atoms with Crippen molar-refractivity contribution in [3.8, 4) is 0 Å². The molecule has 3 rings (SSSR count). The molecule has 1 atom stereocenters. The Morgan fingerprint density at radius 1 is 1.25 bits per heavy atom. The molecule has 0 bridgehead atoms. The topological polar surface area (TPSA) is 54.3 Å². The Balaban J connectivity index is 1.59. The monoisotopic (exact) mass is 325 g/mol. The molecule has 5 heteroatoms. The van der Waals surface area contributed by atoms with Crippen LogP contribution in [-0.4, -0.2) is 34.5 Å². The van der Waals surface area contributed by atoms with Gasteiger partial charge >= 0.3 is 0 Å². The lowest BCUT2D eigenvalue weighted by Crippen LogP contribution is -2.47. The maximum Gasteiger partial charge on any atom is 0.251 e. The van der Waals surface area contributed by atoms with Gasteiger partial charge in [-0.15, -0.1) is 0 Å². The van der Waals surface area contributed by atoms with Gasteiger partial charge in [-0.2, -0.15) is 0 Å². The molecule has 2 aromatic rings. The van der Waals surface area contributed by atoms with E-state index in [1.165, 1.54) is 16.2 Å². The minimum Gasteiger partial charge on any atom is -0.348 e. The van der Waals surface area contributed by atoms with Gasteiger partial charge in [0.05, 0.1) is 0 Å². The number of benzene rings is 1. The third-order valence-corrected chi connectivity index (χ3v) is 4.46. The van der Waals surface area contributed by atoms with Gasteiger partial charge in [0.2, 0.25) is 0 Å².